The van der Waals surface area contributed by atoms with Crippen LogP contribution in [0.4, 0.5) is 5.69 Å². The number of fused-ring (bicyclic) bond motifs is 3. The topological polar surface area (TPSA) is 66.3 Å². The Kier molecular flexibility index (Phi) is 3.35. The maximum atomic E-state index is 12.0. The molecule has 0 aromatic heterocycles. The van der Waals surface area contributed by atoms with Crippen LogP contribution in [-0.2, 0) is 9.53 Å². The molecule has 2 aromatic rings. The number of hydrogen-bond acceptors (Lipinski definition) is 6. The zero-order chi connectivity index (χ0) is 16.5. The van der Waals surface area contributed by atoms with Gasteiger partial charge in [-0.1, -0.05) is 48.5 Å². The number of anilines is 1. The lowest BCUT2D eigenvalue weighted by atomic mass is 10.00. The van der Waals surface area contributed by atoms with Gasteiger partial charge in [0.25, 0.3) is 0 Å². The van der Waals surface area contributed by atoms with E-state index in [-0.39, 0.29) is 5.84 Å². The van der Waals surface area contributed by atoms with Crippen LogP contribution >= 0.6 is 0 Å². The van der Waals surface area contributed by atoms with Gasteiger partial charge in [0.1, 0.15) is 0 Å². The predicted molar refractivity (Wildman–Crippen MR) is 91.7 cm³/mol. The normalized spacial score (nSPS) is 15.2. The van der Waals surface area contributed by atoms with Crippen LogP contribution in [-0.4, -0.2) is 24.6 Å². The summed E-state index contributed by atoms with van der Waals surface area (Å²) >= 11 is 0. The van der Waals surface area contributed by atoms with E-state index in [1.807, 2.05) is 54.6 Å². The first-order valence-corrected chi connectivity index (χ1v) is 7.44. The van der Waals surface area contributed by atoms with Crippen molar-refractivity contribution in [2.24, 2.45) is 10.1 Å². The van der Waals surface area contributed by atoms with Crippen LogP contribution in [0.25, 0.3) is 0 Å². The summed E-state index contributed by atoms with van der Waals surface area (Å²) in [5.41, 5.74) is 6.41. The first kappa shape index (κ1) is 14.2. The number of methoxy groups -OCH3 is 1. The summed E-state index contributed by atoms with van der Waals surface area (Å²) in [7, 11) is 1.34. The second-order valence-corrected chi connectivity index (χ2v) is 5.25. The molecule has 6 heteroatoms. The Hall–Kier alpha value is -3.41. The Labute approximate surface area is 138 Å². The number of benzene rings is 2. The molecule has 0 saturated heterocycles. The van der Waals surface area contributed by atoms with Crippen molar-refractivity contribution in [1.82, 2.24) is 5.43 Å². The van der Waals surface area contributed by atoms with Gasteiger partial charge in [-0.25, -0.2) is 4.79 Å². The molecule has 0 bridgehead atoms. The van der Waals surface area contributed by atoms with Gasteiger partial charge in [-0.15, -0.1) is 5.10 Å². The number of nitrogens with one attached hydrogen (secondary N) is 1. The SMILES string of the molecule is COC(=O)C1=NNC2=CN=C(c3ccccc3)c3ccccc3N21. The minimum Gasteiger partial charge on any atom is -0.463 e. The van der Waals surface area contributed by atoms with Crippen LogP contribution in [0, 0.1) is 0 Å². The molecule has 2 aliphatic rings. The highest BCUT2D eigenvalue weighted by Gasteiger charge is 2.33. The molecule has 24 heavy (non-hydrogen) atoms. The summed E-state index contributed by atoms with van der Waals surface area (Å²) in [6.07, 6.45) is 1.67. The van der Waals surface area contributed by atoms with Crippen molar-refractivity contribution in [2.75, 3.05) is 12.0 Å². The molecule has 0 radical (unpaired) electrons. The molecule has 0 saturated carbocycles. The minimum atomic E-state index is -0.510. The Bertz CT molecular complexity index is 900. The quantitative estimate of drug-likeness (QED) is 0.862. The monoisotopic (exact) mass is 318 g/mol. The van der Waals surface area contributed by atoms with Crippen molar-refractivity contribution in [3.05, 3.63) is 77.7 Å². The van der Waals surface area contributed by atoms with Gasteiger partial charge in [0, 0.05) is 11.1 Å². The summed E-state index contributed by atoms with van der Waals surface area (Å²) in [4.78, 5) is 18.4. The molecule has 0 aliphatic carbocycles. The van der Waals surface area contributed by atoms with Crippen molar-refractivity contribution in [2.45, 2.75) is 0 Å². The van der Waals surface area contributed by atoms with E-state index in [4.69, 9.17) is 4.74 Å². The third kappa shape index (κ3) is 2.16. The third-order valence-electron chi connectivity index (χ3n) is 3.86. The third-order valence-corrected chi connectivity index (χ3v) is 3.86. The van der Waals surface area contributed by atoms with E-state index in [2.05, 4.69) is 15.5 Å². The van der Waals surface area contributed by atoms with E-state index in [9.17, 15) is 4.79 Å². The summed E-state index contributed by atoms with van der Waals surface area (Å²) < 4.78 is 4.83. The van der Waals surface area contributed by atoms with Crippen LogP contribution < -0.4 is 10.3 Å². The van der Waals surface area contributed by atoms with Crippen LogP contribution in [0.3, 0.4) is 0 Å². The molecule has 0 amide bonds. The van der Waals surface area contributed by atoms with Gasteiger partial charge < -0.3 is 4.74 Å². The van der Waals surface area contributed by atoms with Crippen LogP contribution in [0.15, 0.2) is 76.7 Å². The van der Waals surface area contributed by atoms with E-state index in [1.165, 1.54) is 7.11 Å². The van der Waals surface area contributed by atoms with Crippen molar-refractivity contribution >= 4 is 23.2 Å². The maximum Gasteiger partial charge on any atom is 0.376 e. The molecule has 0 fully saturated rings. The number of ether oxygens (including phenoxy) is 1. The fourth-order valence-corrected chi connectivity index (χ4v) is 2.77. The van der Waals surface area contributed by atoms with Gasteiger partial charge in [0.2, 0.25) is 5.84 Å². The molecule has 0 unspecified atom stereocenters. The molecular formula is C18H14N4O2. The van der Waals surface area contributed by atoms with Gasteiger partial charge in [0.05, 0.1) is 24.7 Å². The lowest BCUT2D eigenvalue weighted by Crippen LogP contribution is -2.34. The number of aliphatic imine (C=N–C) groups is 1. The number of nitrogens with zero attached hydrogens (tertiary/aromatic N) is 3. The Balaban J connectivity index is 1.89. The average Bonchev–Trinajstić information content (AvgIpc) is 2.99. The minimum absolute atomic E-state index is 0.181. The molecule has 0 spiro atoms. The van der Waals surface area contributed by atoms with Gasteiger partial charge >= 0.3 is 5.97 Å². The fraction of sp³-hybridized carbons (Fsp3) is 0.0556. The molecule has 118 valence electrons. The summed E-state index contributed by atoms with van der Waals surface area (Å²) in [6.45, 7) is 0. The van der Waals surface area contributed by atoms with Crippen molar-refractivity contribution in [3.8, 4) is 0 Å². The molecular weight excluding hydrogens is 304 g/mol. The lowest BCUT2D eigenvalue weighted by molar-refractivity contribution is -0.132. The highest BCUT2D eigenvalue weighted by Crippen LogP contribution is 2.31. The van der Waals surface area contributed by atoms with Crippen LogP contribution in [0.5, 0.6) is 0 Å². The number of carbonyl (C=O) groups is 1. The molecule has 6 nitrogen and oxygen atoms in total. The van der Waals surface area contributed by atoms with Crippen LogP contribution in [0.1, 0.15) is 11.1 Å². The van der Waals surface area contributed by atoms with E-state index in [1.54, 1.807) is 11.1 Å². The highest BCUT2D eigenvalue weighted by molar-refractivity contribution is 6.43. The van der Waals surface area contributed by atoms with E-state index >= 15 is 0 Å². The zero-order valence-corrected chi connectivity index (χ0v) is 12.9. The molecule has 4 rings (SSSR count). The van der Waals surface area contributed by atoms with E-state index in [0.29, 0.717) is 5.82 Å². The standard InChI is InChI=1S/C18H14N4O2/c1-24-18(23)17-21-20-15-11-19-16(12-7-3-2-4-8-12)13-9-5-6-10-14(13)22(15)17/h2-11,20H,1H3. The molecule has 2 aliphatic heterocycles. The Morgan fingerprint density at radius 1 is 1.08 bits per heavy atom. The second-order valence-electron chi connectivity index (χ2n) is 5.25. The number of rotatable bonds is 2. The maximum absolute atomic E-state index is 12.0. The summed E-state index contributed by atoms with van der Waals surface area (Å²) in [5, 5.41) is 4.07. The van der Waals surface area contributed by atoms with Crippen molar-refractivity contribution in [3.63, 3.8) is 0 Å². The van der Waals surface area contributed by atoms with Crippen molar-refractivity contribution < 1.29 is 9.53 Å². The van der Waals surface area contributed by atoms with Gasteiger partial charge in [-0.2, -0.15) is 0 Å². The molecule has 2 heterocycles. The van der Waals surface area contributed by atoms with Crippen LogP contribution in [0.2, 0.25) is 0 Å². The highest BCUT2D eigenvalue weighted by atomic mass is 16.5. The first-order chi connectivity index (χ1) is 11.8. The average molecular weight is 318 g/mol. The Morgan fingerprint density at radius 3 is 2.62 bits per heavy atom. The van der Waals surface area contributed by atoms with Gasteiger partial charge in [-0.3, -0.25) is 15.3 Å². The number of hydrogen-bond donors (Lipinski definition) is 1. The summed E-state index contributed by atoms with van der Waals surface area (Å²) in [5.74, 6) is 0.276. The number of para-hydroxylation sites is 1. The fourth-order valence-electron chi connectivity index (χ4n) is 2.77. The van der Waals surface area contributed by atoms with Gasteiger partial charge in [0.15, 0.2) is 5.82 Å². The molecule has 0 atom stereocenters. The smallest absolute Gasteiger partial charge is 0.376 e. The number of hydrazone groups is 1. The molecule has 1 N–H and O–H groups in total. The number of carbonyl (C=O) groups excluding carboxylic acids is 1. The largest absolute Gasteiger partial charge is 0.463 e. The van der Waals surface area contributed by atoms with E-state index < -0.39 is 5.97 Å². The Morgan fingerprint density at radius 2 is 1.83 bits per heavy atom. The lowest BCUT2D eigenvalue weighted by Gasteiger charge is -2.21. The zero-order valence-electron chi connectivity index (χ0n) is 12.9. The van der Waals surface area contributed by atoms with Crippen molar-refractivity contribution in [1.29, 1.82) is 0 Å². The van der Waals surface area contributed by atoms with Gasteiger partial charge in [-0.05, 0) is 6.07 Å². The number of amidine groups is 1. The predicted octanol–water partition coefficient (Wildman–Crippen LogP) is 2.23. The second kappa shape index (κ2) is 5.66. The molecule has 2 aromatic carbocycles. The summed E-state index contributed by atoms with van der Waals surface area (Å²) in [6, 6.07) is 17.7. The number of esters is 1. The first-order valence-electron chi connectivity index (χ1n) is 7.44. The van der Waals surface area contributed by atoms with E-state index in [0.717, 1.165) is 22.5 Å².